The SMILES string of the molecule is CCOC(=O)C1=C(C)N(c2ccc(Br)cc2)C(=O)/C1=C\c1ccc(C(C)(C)C)cc1. The fourth-order valence-corrected chi connectivity index (χ4v) is 3.69. The van der Waals surface area contributed by atoms with Gasteiger partial charge in [0, 0.05) is 15.9 Å². The molecule has 2 aromatic rings. The van der Waals surface area contributed by atoms with Crippen LogP contribution in [0.4, 0.5) is 5.69 Å². The number of carbonyl (C=O) groups excluding carboxylic acids is 2. The van der Waals surface area contributed by atoms with Gasteiger partial charge in [-0.3, -0.25) is 9.69 Å². The molecule has 0 aliphatic carbocycles. The maximum absolute atomic E-state index is 13.3. The van der Waals surface area contributed by atoms with Crippen molar-refractivity contribution >= 4 is 39.6 Å². The minimum atomic E-state index is -0.486. The van der Waals surface area contributed by atoms with Gasteiger partial charge in [-0.2, -0.15) is 0 Å². The molecule has 0 bridgehead atoms. The average Bonchev–Trinajstić information content (AvgIpc) is 2.92. The molecule has 0 spiro atoms. The minimum absolute atomic E-state index is 0.0415. The molecular formula is C25H26BrNO3. The Balaban J connectivity index is 2.07. The van der Waals surface area contributed by atoms with Gasteiger partial charge in [0.05, 0.1) is 17.8 Å². The van der Waals surface area contributed by atoms with Crippen LogP contribution in [0.15, 0.2) is 69.8 Å². The summed E-state index contributed by atoms with van der Waals surface area (Å²) >= 11 is 3.41. The van der Waals surface area contributed by atoms with Crippen molar-refractivity contribution < 1.29 is 14.3 Å². The molecular weight excluding hydrogens is 442 g/mol. The van der Waals surface area contributed by atoms with Gasteiger partial charge in [0.15, 0.2) is 0 Å². The van der Waals surface area contributed by atoms with E-state index in [2.05, 4.69) is 48.8 Å². The zero-order chi connectivity index (χ0) is 22.1. The lowest BCUT2D eigenvalue weighted by Crippen LogP contribution is -2.24. The quantitative estimate of drug-likeness (QED) is 0.408. The molecule has 0 N–H and O–H groups in total. The van der Waals surface area contributed by atoms with Crippen LogP contribution in [0.25, 0.3) is 6.08 Å². The summed E-state index contributed by atoms with van der Waals surface area (Å²) in [5.74, 6) is -0.724. The first-order valence-electron chi connectivity index (χ1n) is 9.94. The Labute approximate surface area is 186 Å². The number of nitrogens with zero attached hydrogens (tertiary/aromatic N) is 1. The van der Waals surface area contributed by atoms with Gasteiger partial charge in [-0.15, -0.1) is 0 Å². The van der Waals surface area contributed by atoms with Crippen molar-refractivity contribution in [2.45, 2.75) is 40.0 Å². The van der Waals surface area contributed by atoms with Gasteiger partial charge >= 0.3 is 5.97 Å². The molecule has 1 amide bonds. The van der Waals surface area contributed by atoms with E-state index in [4.69, 9.17) is 4.74 Å². The van der Waals surface area contributed by atoms with Crippen molar-refractivity contribution in [2.24, 2.45) is 0 Å². The van der Waals surface area contributed by atoms with E-state index in [1.54, 1.807) is 24.8 Å². The first-order valence-corrected chi connectivity index (χ1v) is 10.7. The molecule has 3 rings (SSSR count). The van der Waals surface area contributed by atoms with Crippen LogP contribution in [0.3, 0.4) is 0 Å². The van der Waals surface area contributed by atoms with Crippen LogP contribution in [-0.4, -0.2) is 18.5 Å². The molecule has 0 fully saturated rings. The number of hydrogen-bond acceptors (Lipinski definition) is 3. The lowest BCUT2D eigenvalue weighted by Gasteiger charge is -2.19. The average molecular weight is 468 g/mol. The number of halogens is 1. The molecule has 0 radical (unpaired) electrons. The number of esters is 1. The number of anilines is 1. The summed E-state index contributed by atoms with van der Waals surface area (Å²) in [6, 6.07) is 15.5. The third-order valence-corrected chi connectivity index (χ3v) is 5.58. The van der Waals surface area contributed by atoms with E-state index in [9.17, 15) is 9.59 Å². The molecule has 30 heavy (non-hydrogen) atoms. The molecule has 0 unspecified atom stereocenters. The number of rotatable bonds is 4. The number of hydrogen-bond donors (Lipinski definition) is 0. The Bertz CT molecular complexity index is 1030. The van der Waals surface area contributed by atoms with Crippen molar-refractivity contribution in [3.63, 3.8) is 0 Å². The van der Waals surface area contributed by atoms with Crippen molar-refractivity contribution in [1.29, 1.82) is 0 Å². The third kappa shape index (κ3) is 4.41. The molecule has 4 nitrogen and oxygen atoms in total. The predicted molar refractivity (Wildman–Crippen MR) is 124 cm³/mol. The van der Waals surface area contributed by atoms with E-state index >= 15 is 0 Å². The lowest BCUT2D eigenvalue weighted by atomic mass is 9.86. The van der Waals surface area contributed by atoms with Crippen LogP contribution in [0.2, 0.25) is 0 Å². The summed E-state index contributed by atoms with van der Waals surface area (Å²) in [6.45, 7) is 10.2. The highest BCUT2D eigenvalue weighted by atomic mass is 79.9. The molecule has 5 heteroatoms. The van der Waals surface area contributed by atoms with E-state index < -0.39 is 5.97 Å². The van der Waals surface area contributed by atoms with Crippen molar-refractivity contribution in [3.05, 3.63) is 81.0 Å². The van der Waals surface area contributed by atoms with Crippen LogP contribution >= 0.6 is 15.9 Å². The second kappa shape index (κ2) is 8.60. The maximum Gasteiger partial charge on any atom is 0.340 e. The third-order valence-electron chi connectivity index (χ3n) is 5.05. The van der Waals surface area contributed by atoms with Gasteiger partial charge in [0.1, 0.15) is 0 Å². The molecule has 1 aliphatic heterocycles. The molecule has 1 aliphatic rings. The van der Waals surface area contributed by atoms with E-state index in [1.165, 1.54) is 5.56 Å². The van der Waals surface area contributed by atoms with Crippen LogP contribution < -0.4 is 4.90 Å². The van der Waals surface area contributed by atoms with Crippen molar-refractivity contribution in [2.75, 3.05) is 11.5 Å². The second-order valence-corrected chi connectivity index (χ2v) is 9.14. The standard InChI is InChI=1S/C25H26BrNO3/c1-6-30-24(29)22-16(2)27(20-13-11-19(26)12-14-20)23(28)21(22)15-17-7-9-18(10-8-17)25(3,4)5/h7-15H,6H2,1-5H3/b21-15-. The molecule has 0 saturated heterocycles. The van der Waals surface area contributed by atoms with E-state index in [0.717, 1.165) is 10.0 Å². The molecule has 1 heterocycles. The number of carbonyl (C=O) groups is 2. The van der Waals surface area contributed by atoms with Gasteiger partial charge in [0.25, 0.3) is 5.91 Å². The van der Waals surface area contributed by atoms with Crippen LogP contribution in [0, 0.1) is 0 Å². The fourth-order valence-electron chi connectivity index (χ4n) is 3.43. The summed E-state index contributed by atoms with van der Waals surface area (Å²) in [5, 5.41) is 0. The summed E-state index contributed by atoms with van der Waals surface area (Å²) in [7, 11) is 0. The topological polar surface area (TPSA) is 46.6 Å². The molecule has 0 aromatic heterocycles. The van der Waals surface area contributed by atoms with Crippen molar-refractivity contribution in [3.8, 4) is 0 Å². The molecule has 2 aromatic carbocycles. The van der Waals surface area contributed by atoms with Gasteiger partial charge in [-0.1, -0.05) is 61.0 Å². The number of amides is 1. The molecule has 0 saturated carbocycles. The second-order valence-electron chi connectivity index (χ2n) is 8.23. The summed E-state index contributed by atoms with van der Waals surface area (Å²) in [4.78, 5) is 27.6. The Morgan fingerprint density at radius 1 is 1.07 bits per heavy atom. The van der Waals surface area contributed by atoms with Crippen molar-refractivity contribution in [1.82, 2.24) is 0 Å². The largest absolute Gasteiger partial charge is 0.462 e. The summed E-state index contributed by atoms with van der Waals surface area (Å²) < 4.78 is 6.17. The highest BCUT2D eigenvalue weighted by Gasteiger charge is 2.38. The van der Waals surface area contributed by atoms with Gasteiger partial charge in [0.2, 0.25) is 0 Å². The van der Waals surface area contributed by atoms with Gasteiger partial charge in [-0.05, 0) is 60.7 Å². The smallest absolute Gasteiger partial charge is 0.340 e. The van der Waals surface area contributed by atoms with E-state index in [1.807, 2.05) is 36.4 Å². The minimum Gasteiger partial charge on any atom is -0.462 e. The van der Waals surface area contributed by atoms with E-state index in [0.29, 0.717) is 22.5 Å². The van der Waals surface area contributed by atoms with Crippen LogP contribution in [-0.2, 0) is 19.7 Å². The number of allylic oxidation sites excluding steroid dienone is 1. The van der Waals surface area contributed by atoms with Gasteiger partial charge < -0.3 is 4.74 Å². The summed E-state index contributed by atoms with van der Waals surface area (Å²) in [6.07, 6.45) is 1.77. The first kappa shape index (κ1) is 22.0. The monoisotopic (exact) mass is 467 g/mol. The van der Waals surface area contributed by atoms with Gasteiger partial charge in [-0.25, -0.2) is 4.79 Å². The first-order chi connectivity index (χ1) is 14.1. The highest BCUT2D eigenvalue weighted by Crippen LogP contribution is 2.36. The predicted octanol–water partition coefficient (Wildman–Crippen LogP) is 6.01. The Kier molecular flexibility index (Phi) is 6.32. The summed E-state index contributed by atoms with van der Waals surface area (Å²) in [5.41, 5.74) is 4.03. The number of ether oxygens (including phenoxy) is 1. The maximum atomic E-state index is 13.3. The fraction of sp³-hybridized carbons (Fsp3) is 0.280. The van der Waals surface area contributed by atoms with Crippen LogP contribution in [0.1, 0.15) is 45.7 Å². The molecule has 156 valence electrons. The Morgan fingerprint density at radius 2 is 1.67 bits per heavy atom. The highest BCUT2D eigenvalue weighted by molar-refractivity contribution is 9.10. The zero-order valence-electron chi connectivity index (χ0n) is 18.0. The Morgan fingerprint density at radius 3 is 2.20 bits per heavy atom. The Hall–Kier alpha value is -2.66. The number of benzene rings is 2. The lowest BCUT2D eigenvalue weighted by molar-refractivity contribution is -0.138. The van der Waals surface area contributed by atoms with Crippen LogP contribution in [0.5, 0.6) is 0 Å². The zero-order valence-corrected chi connectivity index (χ0v) is 19.5. The van der Waals surface area contributed by atoms with E-state index in [-0.39, 0.29) is 17.9 Å². The molecule has 0 atom stereocenters. The normalized spacial score (nSPS) is 15.9.